The van der Waals surface area contributed by atoms with E-state index in [0.717, 1.165) is 5.69 Å². The second kappa shape index (κ2) is 21.0. The molecule has 7 N–H and O–H groups in total. The third-order valence-electron chi connectivity index (χ3n) is 9.07. The molecule has 0 radical (unpaired) electrons. The number of likely N-dealkylation sites (tertiary alicyclic amines) is 1. The van der Waals surface area contributed by atoms with Crippen LogP contribution >= 0.6 is 7.82 Å². The van der Waals surface area contributed by atoms with Crippen LogP contribution in [0.5, 0.6) is 0 Å². The number of pyridine rings is 1. The quantitative estimate of drug-likeness (QED) is 0.0521. The molecule has 19 heteroatoms. The monoisotopic (exact) mass is 812 g/mol. The summed E-state index contributed by atoms with van der Waals surface area (Å²) in [5, 5.41) is 10.6. The van der Waals surface area contributed by atoms with Gasteiger partial charge in [-0.1, -0.05) is 43.3 Å². The van der Waals surface area contributed by atoms with Crippen molar-refractivity contribution in [3.8, 4) is 0 Å². The Bertz CT molecular complexity index is 1820. The van der Waals surface area contributed by atoms with Gasteiger partial charge in [0.2, 0.25) is 11.8 Å². The molecule has 1 aromatic carbocycles. The maximum atomic E-state index is 14.1. The standard InChI is InChI=1S/C38H53N8O10P/c1-5-29(31(56-57(52,53)54)23-46-19-11-14-26(22-46)34(48)41-18-16-27-15-9-10-17-40-27)43-35(49)30(20-28-21-39-24-42-28)44-36(50)32(45-37(51)55-38(2,3)4)33(47)25-12-7-6-8-13-25/h6-10,12-13,15,17,21,24,26,29-32H,5,11,14,16,18-20,22-23H2,1-4H3,(H,39,42)(H,41,48)(H,43,49)(H,44,50)(H,45,51)(H2,52,53,54). The van der Waals surface area contributed by atoms with Crippen molar-refractivity contribution in [1.82, 2.24) is 41.1 Å². The Balaban J connectivity index is 1.50. The van der Waals surface area contributed by atoms with E-state index in [4.69, 9.17) is 9.26 Å². The van der Waals surface area contributed by atoms with E-state index in [-0.39, 0.29) is 36.8 Å². The van der Waals surface area contributed by atoms with E-state index in [9.17, 15) is 38.3 Å². The van der Waals surface area contributed by atoms with Crippen LogP contribution in [-0.4, -0.2) is 115 Å². The highest BCUT2D eigenvalue weighted by Gasteiger charge is 2.37. The van der Waals surface area contributed by atoms with Crippen LogP contribution in [0.1, 0.15) is 68.7 Å². The third-order valence-corrected chi connectivity index (χ3v) is 9.61. The molecule has 0 spiro atoms. The lowest BCUT2D eigenvalue weighted by Crippen LogP contribution is -2.59. The zero-order chi connectivity index (χ0) is 41.6. The Morgan fingerprint density at radius 2 is 1.75 bits per heavy atom. The molecule has 1 aliphatic rings. The Hall–Kier alpha value is -5.00. The number of benzene rings is 1. The fourth-order valence-electron chi connectivity index (χ4n) is 6.37. The number of alkyl carbamates (subject to hydrolysis) is 1. The molecule has 4 rings (SSSR count). The predicted molar refractivity (Wildman–Crippen MR) is 207 cm³/mol. The van der Waals surface area contributed by atoms with Crippen molar-refractivity contribution in [3.63, 3.8) is 0 Å². The number of ketones is 1. The molecule has 0 aliphatic carbocycles. The van der Waals surface area contributed by atoms with Gasteiger partial charge in [-0.05, 0) is 58.7 Å². The zero-order valence-electron chi connectivity index (χ0n) is 32.6. The number of nitrogens with one attached hydrogen (secondary N) is 5. The van der Waals surface area contributed by atoms with E-state index in [2.05, 4.69) is 36.2 Å². The van der Waals surface area contributed by atoms with Gasteiger partial charge in [-0.15, -0.1) is 0 Å². The number of ether oxygens (including phenoxy) is 1. The van der Waals surface area contributed by atoms with Crippen LogP contribution in [-0.2, 0) is 41.1 Å². The van der Waals surface area contributed by atoms with Crippen molar-refractivity contribution in [1.29, 1.82) is 0 Å². The summed E-state index contributed by atoms with van der Waals surface area (Å²) in [6, 6.07) is 9.22. The van der Waals surface area contributed by atoms with Crippen LogP contribution in [0.2, 0.25) is 0 Å². The molecule has 5 atom stereocenters. The van der Waals surface area contributed by atoms with Crippen molar-refractivity contribution in [2.24, 2.45) is 5.92 Å². The Morgan fingerprint density at radius 3 is 2.39 bits per heavy atom. The Morgan fingerprint density at radius 1 is 1.02 bits per heavy atom. The average molecular weight is 813 g/mol. The number of piperidine rings is 1. The number of aromatic amines is 1. The first-order valence-electron chi connectivity index (χ1n) is 18.8. The summed E-state index contributed by atoms with van der Waals surface area (Å²) in [5.41, 5.74) is 0.452. The van der Waals surface area contributed by atoms with E-state index in [1.165, 1.54) is 24.7 Å². The van der Waals surface area contributed by atoms with Gasteiger partial charge < -0.3 is 40.8 Å². The second-order valence-corrected chi connectivity index (χ2v) is 16.0. The van der Waals surface area contributed by atoms with Gasteiger partial charge in [-0.3, -0.25) is 33.6 Å². The lowest BCUT2D eigenvalue weighted by atomic mass is 9.96. The largest absolute Gasteiger partial charge is 0.469 e. The normalized spacial score (nSPS) is 17.0. The maximum Gasteiger partial charge on any atom is 0.469 e. The first-order valence-corrected chi connectivity index (χ1v) is 20.3. The number of aromatic nitrogens is 3. The molecule has 57 heavy (non-hydrogen) atoms. The summed E-state index contributed by atoms with van der Waals surface area (Å²) >= 11 is 0. The number of amides is 4. The van der Waals surface area contributed by atoms with E-state index in [1.807, 2.05) is 23.1 Å². The highest BCUT2D eigenvalue weighted by Crippen LogP contribution is 2.39. The SMILES string of the molecule is CCC(NC(=O)C(Cc1cnc[nH]1)NC(=O)C(NC(=O)OC(C)(C)C)C(=O)c1ccccc1)C(CN1CCCC(C(=O)NCCc2ccccn2)C1)OP(=O)(O)O. The summed E-state index contributed by atoms with van der Waals surface area (Å²) in [4.78, 5) is 100. The highest BCUT2D eigenvalue weighted by molar-refractivity contribution is 7.46. The van der Waals surface area contributed by atoms with Crippen LogP contribution in [0.3, 0.4) is 0 Å². The second-order valence-electron chi connectivity index (χ2n) is 14.8. The fraction of sp³-hybridized carbons (Fsp3) is 0.500. The molecule has 0 saturated carbocycles. The minimum Gasteiger partial charge on any atom is -0.444 e. The van der Waals surface area contributed by atoms with Crippen LogP contribution in [0.25, 0.3) is 0 Å². The zero-order valence-corrected chi connectivity index (χ0v) is 33.4. The number of H-pyrrole nitrogens is 1. The van der Waals surface area contributed by atoms with Crippen molar-refractivity contribution >= 4 is 37.4 Å². The number of phosphoric acid groups is 1. The number of nitrogens with zero attached hydrogens (tertiary/aromatic N) is 3. The van der Waals surface area contributed by atoms with E-state index >= 15 is 0 Å². The number of carbonyl (C=O) groups excluding carboxylic acids is 5. The minimum absolute atomic E-state index is 0.0351. The van der Waals surface area contributed by atoms with Crippen molar-refractivity contribution in [3.05, 3.63) is 84.2 Å². The number of carbonyl (C=O) groups is 5. The number of hydrogen-bond donors (Lipinski definition) is 7. The number of Topliss-reactive ketones (excluding diaryl/α,β-unsaturated/α-hetero) is 1. The summed E-state index contributed by atoms with van der Waals surface area (Å²) in [6.45, 7) is 7.71. The third kappa shape index (κ3) is 15.1. The molecule has 310 valence electrons. The molecular weight excluding hydrogens is 759 g/mol. The summed E-state index contributed by atoms with van der Waals surface area (Å²) in [6.07, 6.45) is 4.07. The molecule has 2 aromatic heterocycles. The summed E-state index contributed by atoms with van der Waals surface area (Å²) in [5.74, 6) is -3.07. The van der Waals surface area contributed by atoms with E-state index < -0.39 is 61.3 Å². The van der Waals surface area contributed by atoms with Gasteiger partial charge in [0, 0.05) is 61.8 Å². The first-order chi connectivity index (χ1) is 27.0. The molecule has 1 fully saturated rings. The van der Waals surface area contributed by atoms with Crippen LogP contribution in [0, 0.1) is 5.92 Å². The van der Waals surface area contributed by atoms with Crippen LogP contribution in [0.15, 0.2) is 67.3 Å². The topological polar surface area (TPSA) is 254 Å². The van der Waals surface area contributed by atoms with Gasteiger partial charge >= 0.3 is 13.9 Å². The highest BCUT2D eigenvalue weighted by atomic mass is 31.2. The number of rotatable bonds is 19. The van der Waals surface area contributed by atoms with Crippen molar-refractivity contribution < 1.29 is 47.6 Å². The fourth-order valence-corrected chi connectivity index (χ4v) is 6.94. The number of hydrogen-bond acceptors (Lipinski definition) is 11. The number of imidazole rings is 1. The van der Waals surface area contributed by atoms with Gasteiger partial charge in [0.05, 0.1) is 18.3 Å². The Kier molecular flexibility index (Phi) is 16.4. The molecular formula is C38H53N8O10P. The van der Waals surface area contributed by atoms with Crippen molar-refractivity contribution in [2.75, 3.05) is 26.2 Å². The summed E-state index contributed by atoms with van der Waals surface area (Å²) < 4.78 is 22.8. The van der Waals surface area contributed by atoms with Crippen molar-refractivity contribution in [2.45, 2.75) is 89.6 Å². The lowest BCUT2D eigenvalue weighted by molar-refractivity contribution is -0.130. The maximum absolute atomic E-state index is 14.1. The van der Waals surface area contributed by atoms with Gasteiger partial charge in [0.1, 0.15) is 17.7 Å². The molecule has 0 bridgehead atoms. The van der Waals surface area contributed by atoms with Gasteiger partial charge in [0.15, 0.2) is 11.8 Å². The van der Waals surface area contributed by atoms with E-state index in [1.54, 1.807) is 52.1 Å². The molecule has 3 heterocycles. The van der Waals surface area contributed by atoms with Gasteiger partial charge in [0.25, 0.3) is 5.91 Å². The Labute approximate surface area is 331 Å². The van der Waals surface area contributed by atoms with Gasteiger partial charge in [-0.2, -0.15) is 0 Å². The molecule has 18 nitrogen and oxygen atoms in total. The molecule has 3 aromatic rings. The van der Waals surface area contributed by atoms with Crippen LogP contribution < -0.4 is 21.3 Å². The first kappa shape index (κ1) is 44.7. The summed E-state index contributed by atoms with van der Waals surface area (Å²) in [7, 11) is -5.09. The van der Waals surface area contributed by atoms with Gasteiger partial charge in [-0.25, -0.2) is 14.3 Å². The minimum atomic E-state index is -5.09. The predicted octanol–water partition coefficient (Wildman–Crippen LogP) is 2.05. The average Bonchev–Trinajstić information content (AvgIpc) is 3.68. The molecule has 4 amide bonds. The lowest BCUT2D eigenvalue weighted by Gasteiger charge is -2.37. The smallest absolute Gasteiger partial charge is 0.444 e. The number of phosphoric ester groups is 1. The van der Waals surface area contributed by atoms with E-state index in [0.29, 0.717) is 44.6 Å². The molecule has 5 unspecified atom stereocenters. The molecule has 1 saturated heterocycles. The molecule has 1 aliphatic heterocycles. The van der Waals surface area contributed by atoms with Crippen LogP contribution in [0.4, 0.5) is 4.79 Å².